The number of imidazole rings is 1. The molecule has 1 aliphatic carbocycles. The Morgan fingerprint density at radius 1 is 1.33 bits per heavy atom. The fourth-order valence-electron chi connectivity index (χ4n) is 3.19. The van der Waals surface area contributed by atoms with Crippen molar-refractivity contribution in [1.82, 2.24) is 14.9 Å². The number of hydrogen-bond donors (Lipinski definition) is 1. The van der Waals surface area contributed by atoms with Gasteiger partial charge in [0.05, 0.1) is 11.0 Å². The van der Waals surface area contributed by atoms with Gasteiger partial charge in [0.2, 0.25) is 5.91 Å². The Kier molecular flexibility index (Phi) is 3.95. The van der Waals surface area contributed by atoms with E-state index < -0.39 is 0 Å². The summed E-state index contributed by atoms with van der Waals surface area (Å²) in [6.45, 7) is 4.60. The number of nitrogens with zero attached hydrogens (tertiary/aromatic N) is 2. The molecule has 0 atom stereocenters. The number of benzene rings is 1. The van der Waals surface area contributed by atoms with Gasteiger partial charge < -0.3 is 9.88 Å². The standard InChI is InChI=1S/C17H23N3O/c1-12(2)17-19-14-9-5-6-10-15(14)20(17)11-16(21)18-13-7-3-4-8-13/h5-6,9-10,12-13H,3-4,7-8,11H2,1-2H3,(H,18,21). The third-order valence-corrected chi connectivity index (χ3v) is 4.22. The molecule has 0 saturated heterocycles. The van der Waals surface area contributed by atoms with Gasteiger partial charge in [0, 0.05) is 12.0 Å². The molecule has 1 saturated carbocycles. The summed E-state index contributed by atoms with van der Waals surface area (Å²) in [6, 6.07) is 8.40. The quantitative estimate of drug-likeness (QED) is 0.937. The number of nitrogens with one attached hydrogen (secondary N) is 1. The Hall–Kier alpha value is -1.84. The molecular formula is C17H23N3O. The fourth-order valence-corrected chi connectivity index (χ4v) is 3.19. The van der Waals surface area contributed by atoms with Crippen molar-refractivity contribution in [2.75, 3.05) is 0 Å². The average molecular weight is 285 g/mol. The van der Waals surface area contributed by atoms with Crippen LogP contribution >= 0.6 is 0 Å². The van der Waals surface area contributed by atoms with E-state index in [2.05, 4.69) is 28.7 Å². The normalized spacial score (nSPS) is 16.0. The van der Waals surface area contributed by atoms with Gasteiger partial charge in [0.15, 0.2) is 0 Å². The monoisotopic (exact) mass is 285 g/mol. The Morgan fingerprint density at radius 2 is 2.05 bits per heavy atom. The molecule has 21 heavy (non-hydrogen) atoms. The Labute approximate surface area is 125 Å². The van der Waals surface area contributed by atoms with E-state index in [-0.39, 0.29) is 5.91 Å². The highest BCUT2D eigenvalue weighted by Gasteiger charge is 2.19. The molecule has 0 aliphatic heterocycles. The van der Waals surface area contributed by atoms with Crippen LogP contribution in [0.5, 0.6) is 0 Å². The van der Waals surface area contributed by atoms with Crippen molar-refractivity contribution in [3.63, 3.8) is 0 Å². The van der Waals surface area contributed by atoms with Crippen molar-refractivity contribution in [2.24, 2.45) is 0 Å². The van der Waals surface area contributed by atoms with Gasteiger partial charge in [-0.1, -0.05) is 38.8 Å². The van der Waals surface area contributed by atoms with Crippen molar-refractivity contribution in [1.29, 1.82) is 0 Å². The van der Waals surface area contributed by atoms with Crippen molar-refractivity contribution in [3.8, 4) is 0 Å². The number of carbonyl (C=O) groups is 1. The third-order valence-electron chi connectivity index (χ3n) is 4.22. The number of amides is 1. The molecule has 1 aliphatic rings. The molecule has 1 fully saturated rings. The first-order chi connectivity index (χ1) is 10.1. The first kappa shape index (κ1) is 14.1. The Morgan fingerprint density at radius 3 is 2.76 bits per heavy atom. The van der Waals surface area contributed by atoms with E-state index >= 15 is 0 Å². The maximum atomic E-state index is 12.3. The molecule has 2 aromatic rings. The molecule has 1 aromatic carbocycles. The molecule has 0 unspecified atom stereocenters. The Balaban J connectivity index is 1.84. The predicted octanol–water partition coefficient (Wildman–Crippen LogP) is 3.22. The van der Waals surface area contributed by atoms with Crippen molar-refractivity contribution >= 4 is 16.9 Å². The molecule has 0 spiro atoms. The van der Waals surface area contributed by atoms with Gasteiger partial charge in [-0.25, -0.2) is 4.98 Å². The molecule has 0 radical (unpaired) electrons. The van der Waals surface area contributed by atoms with Gasteiger partial charge in [0.25, 0.3) is 0 Å². The number of rotatable bonds is 4. The second kappa shape index (κ2) is 5.88. The molecule has 112 valence electrons. The lowest BCUT2D eigenvalue weighted by atomic mass is 10.2. The minimum atomic E-state index is 0.104. The lowest BCUT2D eigenvalue weighted by Gasteiger charge is -2.15. The molecule has 1 N–H and O–H groups in total. The molecule has 4 heteroatoms. The van der Waals surface area contributed by atoms with E-state index in [1.165, 1.54) is 12.8 Å². The zero-order valence-corrected chi connectivity index (χ0v) is 12.8. The first-order valence-corrected chi connectivity index (χ1v) is 7.89. The van der Waals surface area contributed by atoms with E-state index in [0.29, 0.717) is 18.5 Å². The lowest BCUT2D eigenvalue weighted by molar-refractivity contribution is -0.122. The van der Waals surface area contributed by atoms with E-state index in [1.54, 1.807) is 0 Å². The van der Waals surface area contributed by atoms with Crippen LogP contribution in [0.4, 0.5) is 0 Å². The zero-order valence-electron chi connectivity index (χ0n) is 12.8. The highest BCUT2D eigenvalue weighted by molar-refractivity contribution is 5.81. The lowest BCUT2D eigenvalue weighted by Crippen LogP contribution is -2.35. The summed E-state index contributed by atoms with van der Waals surface area (Å²) in [4.78, 5) is 17.0. The second-order valence-electron chi connectivity index (χ2n) is 6.25. The molecule has 1 aromatic heterocycles. The van der Waals surface area contributed by atoms with Gasteiger partial charge in [-0.15, -0.1) is 0 Å². The number of hydrogen-bond acceptors (Lipinski definition) is 2. The second-order valence-corrected chi connectivity index (χ2v) is 6.25. The van der Waals surface area contributed by atoms with Crippen LogP contribution < -0.4 is 5.32 Å². The largest absolute Gasteiger partial charge is 0.352 e. The number of carbonyl (C=O) groups excluding carboxylic acids is 1. The summed E-state index contributed by atoms with van der Waals surface area (Å²) in [5, 5.41) is 3.16. The molecule has 1 heterocycles. The van der Waals surface area contributed by atoms with Crippen LogP contribution in [-0.4, -0.2) is 21.5 Å². The third kappa shape index (κ3) is 2.94. The number of fused-ring (bicyclic) bond motifs is 1. The van der Waals surface area contributed by atoms with Crippen molar-refractivity contribution in [2.45, 2.75) is 58.0 Å². The molecular weight excluding hydrogens is 262 g/mol. The highest BCUT2D eigenvalue weighted by Crippen LogP contribution is 2.22. The number of para-hydroxylation sites is 2. The van der Waals surface area contributed by atoms with E-state index in [0.717, 1.165) is 29.7 Å². The minimum Gasteiger partial charge on any atom is -0.352 e. The zero-order chi connectivity index (χ0) is 14.8. The number of aromatic nitrogens is 2. The summed E-state index contributed by atoms with van der Waals surface area (Å²) in [7, 11) is 0. The molecule has 1 amide bonds. The van der Waals surface area contributed by atoms with Crippen molar-refractivity contribution < 1.29 is 4.79 Å². The van der Waals surface area contributed by atoms with Gasteiger partial charge in [-0.2, -0.15) is 0 Å². The molecule has 0 bridgehead atoms. The predicted molar refractivity (Wildman–Crippen MR) is 84.2 cm³/mol. The summed E-state index contributed by atoms with van der Waals surface area (Å²) in [5.41, 5.74) is 2.01. The van der Waals surface area contributed by atoms with Crippen LogP contribution in [0.1, 0.15) is 51.3 Å². The van der Waals surface area contributed by atoms with Gasteiger partial charge in [-0.3, -0.25) is 4.79 Å². The summed E-state index contributed by atoms with van der Waals surface area (Å²) in [6.07, 6.45) is 4.70. The maximum Gasteiger partial charge on any atom is 0.240 e. The summed E-state index contributed by atoms with van der Waals surface area (Å²) < 4.78 is 2.06. The van der Waals surface area contributed by atoms with Crippen LogP contribution in [0.15, 0.2) is 24.3 Å². The SMILES string of the molecule is CC(C)c1nc2ccccc2n1CC(=O)NC1CCCC1. The molecule has 3 rings (SSSR count). The first-order valence-electron chi connectivity index (χ1n) is 7.89. The van der Waals surface area contributed by atoms with Crippen LogP contribution in [-0.2, 0) is 11.3 Å². The van der Waals surface area contributed by atoms with Crippen LogP contribution in [0.25, 0.3) is 11.0 Å². The topological polar surface area (TPSA) is 46.9 Å². The minimum absolute atomic E-state index is 0.104. The summed E-state index contributed by atoms with van der Waals surface area (Å²) in [5.74, 6) is 1.39. The van der Waals surface area contributed by atoms with Gasteiger partial charge in [0.1, 0.15) is 12.4 Å². The maximum absolute atomic E-state index is 12.3. The summed E-state index contributed by atoms with van der Waals surface area (Å²) >= 11 is 0. The van der Waals surface area contributed by atoms with E-state index in [4.69, 9.17) is 0 Å². The van der Waals surface area contributed by atoms with Crippen LogP contribution in [0.3, 0.4) is 0 Å². The van der Waals surface area contributed by atoms with E-state index in [9.17, 15) is 4.79 Å². The Bertz CT molecular complexity index is 639. The highest BCUT2D eigenvalue weighted by atomic mass is 16.2. The van der Waals surface area contributed by atoms with E-state index in [1.807, 2.05) is 24.3 Å². The van der Waals surface area contributed by atoms with Crippen LogP contribution in [0, 0.1) is 0 Å². The van der Waals surface area contributed by atoms with Gasteiger partial charge >= 0.3 is 0 Å². The fraction of sp³-hybridized carbons (Fsp3) is 0.529. The average Bonchev–Trinajstić information content (AvgIpc) is 3.07. The van der Waals surface area contributed by atoms with Crippen molar-refractivity contribution in [3.05, 3.63) is 30.1 Å². The smallest absolute Gasteiger partial charge is 0.240 e. The molecule has 4 nitrogen and oxygen atoms in total. The van der Waals surface area contributed by atoms with Crippen LogP contribution in [0.2, 0.25) is 0 Å². The van der Waals surface area contributed by atoms with Gasteiger partial charge in [-0.05, 0) is 25.0 Å².